The molecule has 0 bridgehead atoms. The van der Waals surface area contributed by atoms with Gasteiger partial charge in [0.1, 0.15) is 5.75 Å². The number of rotatable bonds is 9. The summed E-state index contributed by atoms with van der Waals surface area (Å²) in [5, 5.41) is 13.2. The van der Waals surface area contributed by atoms with Crippen LogP contribution in [0.25, 0.3) is 0 Å². The van der Waals surface area contributed by atoms with Gasteiger partial charge in [0, 0.05) is 30.0 Å². The molecule has 148 valence electrons. The summed E-state index contributed by atoms with van der Waals surface area (Å²) in [6.45, 7) is 2.10. The van der Waals surface area contributed by atoms with Crippen molar-refractivity contribution in [3.63, 3.8) is 0 Å². The van der Waals surface area contributed by atoms with Crippen molar-refractivity contribution in [2.75, 3.05) is 25.6 Å². The number of carbonyl (C=O) groups excluding carboxylic acids is 2. The van der Waals surface area contributed by atoms with Gasteiger partial charge in [-0.2, -0.15) is 0 Å². The second kappa shape index (κ2) is 10.0. The van der Waals surface area contributed by atoms with E-state index in [0.717, 1.165) is 0 Å². The number of carbonyl (C=O) groups is 2. The van der Waals surface area contributed by atoms with Gasteiger partial charge < -0.3 is 19.5 Å². The van der Waals surface area contributed by atoms with E-state index in [1.54, 1.807) is 12.1 Å². The summed E-state index contributed by atoms with van der Waals surface area (Å²) in [5.41, 5.74) is 1.01. The maximum Gasteiger partial charge on any atom is 0.338 e. The van der Waals surface area contributed by atoms with E-state index in [0.29, 0.717) is 17.9 Å². The number of anilines is 1. The molecule has 2 aromatic carbocycles. The average Bonchev–Trinajstić information content (AvgIpc) is 2.70. The maximum atomic E-state index is 12.2. The number of nitrogens with zero attached hydrogens (tertiary/aromatic N) is 1. The van der Waals surface area contributed by atoms with Crippen LogP contribution in [0.3, 0.4) is 0 Å². The number of ether oxygens (including phenoxy) is 3. The van der Waals surface area contributed by atoms with E-state index in [2.05, 4.69) is 5.32 Å². The largest absolute Gasteiger partial charge is 0.496 e. The molecule has 2 rings (SSSR count). The highest BCUT2D eigenvalue weighted by atomic mass is 16.6. The molecule has 0 aromatic heterocycles. The Bertz CT molecular complexity index is 867. The molecule has 1 amide bonds. The fourth-order valence-electron chi connectivity index (χ4n) is 2.34. The van der Waals surface area contributed by atoms with Crippen LogP contribution < -0.4 is 10.1 Å². The van der Waals surface area contributed by atoms with E-state index in [4.69, 9.17) is 14.2 Å². The van der Waals surface area contributed by atoms with Gasteiger partial charge in [-0.3, -0.25) is 14.9 Å². The molecule has 0 saturated carbocycles. The van der Waals surface area contributed by atoms with Gasteiger partial charge in [-0.1, -0.05) is 6.07 Å². The first-order valence-electron chi connectivity index (χ1n) is 8.40. The molecule has 9 heteroatoms. The minimum absolute atomic E-state index is 0.158. The third-order valence-electron chi connectivity index (χ3n) is 3.65. The van der Waals surface area contributed by atoms with E-state index in [1.807, 2.05) is 6.92 Å². The molecule has 0 atom stereocenters. The average molecular weight is 388 g/mol. The molecule has 0 aliphatic heterocycles. The lowest BCUT2D eigenvalue weighted by atomic mass is 10.1. The van der Waals surface area contributed by atoms with Crippen molar-refractivity contribution in [2.45, 2.75) is 13.5 Å². The summed E-state index contributed by atoms with van der Waals surface area (Å²) in [6.07, 6.45) is 0. The zero-order valence-corrected chi connectivity index (χ0v) is 15.5. The monoisotopic (exact) mass is 388 g/mol. The highest BCUT2D eigenvalue weighted by Gasteiger charge is 2.14. The Kier molecular flexibility index (Phi) is 7.46. The van der Waals surface area contributed by atoms with Crippen LogP contribution in [0.1, 0.15) is 22.8 Å². The number of methoxy groups -OCH3 is 1. The Labute approximate surface area is 161 Å². The lowest BCUT2D eigenvalue weighted by Crippen LogP contribution is -2.21. The van der Waals surface area contributed by atoms with Crippen molar-refractivity contribution < 1.29 is 28.7 Å². The van der Waals surface area contributed by atoms with Crippen LogP contribution in [0.5, 0.6) is 5.75 Å². The van der Waals surface area contributed by atoms with E-state index in [9.17, 15) is 19.7 Å². The molecule has 9 nitrogen and oxygen atoms in total. The predicted octanol–water partition coefficient (Wildman–Crippen LogP) is 2.94. The first-order valence-corrected chi connectivity index (χ1v) is 8.40. The molecule has 0 radical (unpaired) electrons. The smallest absolute Gasteiger partial charge is 0.338 e. The number of nitro groups is 1. The number of hydrogen-bond acceptors (Lipinski definition) is 7. The molecule has 0 heterocycles. The zero-order chi connectivity index (χ0) is 20.5. The second-order valence-electron chi connectivity index (χ2n) is 5.60. The first-order chi connectivity index (χ1) is 13.4. The van der Waals surface area contributed by atoms with Gasteiger partial charge in [0.25, 0.3) is 11.6 Å². The van der Waals surface area contributed by atoms with E-state index in [-0.39, 0.29) is 23.5 Å². The molecular formula is C19H20N2O7. The minimum Gasteiger partial charge on any atom is -0.496 e. The Balaban J connectivity index is 1.96. The quantitative estimate of drug-likeness (QED) is 0.399. The van der Waals surface area contributed by atoms with Gasteiger partial charge in [0.05, 0.1) is 24.2 Å². The standard InChI is InChI=1S/C19H20N2O7/c1-3-27-11-14-9-13(7-8-17(14)26-2)19(23)28-12-18(22)20-15-5-4-6-16(10-15)21(24)25/h4-10H,3,11-12H2,1-2H3,(H,20,22). The fourth-order valence-corrected chi connectivity index (χ4v) is 2.34. The molecule has 0 aliphatic carbocycles. The summed E-state index contributed by atoms with van der Waals surface area (Å²) >= 11 is 0. The van der Waals surface area contributed by atoms with Gasteiger partial charge in [-0.25, -0.2) is 4.79 Å². The van der Waals surface area contributed by atoms with Gasteiger partial charge in [0.15, 0.2) is 6.61 Å². The second-order valence-corrected chi connectivity index (χ2v) is 5.60. The summed E-state index contributed by atoms with van der Waals surface area (Å²) in [7, 11) is 1.51. The Hall–Kier alpha value is -3.46. The van der Waals surface area contributed by atoms with Crippen LogP contribution in [-0.4, -0.2) is 37.1 Å². The highest BCUT2D eigenvalue weighted by molar-refractivity contribution is 5.95. The van der Waals surface area contributed by atoms with Crippen molar-refractivity contribution in [1.82, 2.24) is 0 Å². The Morgan fingerprint density at radius 3 is 2.64 bits per heavy atom. The molecule has 0 spiro atoms. The van der Waals surface area contributed by atoms with Crippen molar-refractivity contribution in [1.29, 1.82) is 0 Å². The normalized spacial score (nSPS) is 10.2. The van der Waals surface area contributed by atoms with E-state index >= 15 is 0 Å². The van der Waals surface area contributed by atoms with E-state index < -0.39 is 23.4 Å². The number of nitro benzene ring substituents is 1. The van der Waals surface area contributed by atoms with Crippen molar-refractivity contribution in [3.05, 3.63) is 63.7 Å². The Morgan fingerprint density at radius 2 is 1.96 bits per heavy atom. The number of non-ortho nitro benzene ring substituents is 1. The van der Waals surface area contributed by atoms with Crippen LogP contribution in [0.2, 0.25) is 0 Å². The van der Waals surface area contributed by atoms with Crippen LogP contribution in [-0.2, 0) is 20.9 Å². The van der Waals surface area contributed by atoms with Crippen molar-refractivity contribution in [2.24, 2.45) is 0 Å². The van der Waals surface area contributed by atoms with E-state index in [1.165, 1.54) is 37.4 Å². The van der Waals surface area contributed by atoms with Gasteiger partial charge in [-0.05, 0) is 31.2 Å². The minimum atomic E-state index is -0.686. The summed E-state index contributed by atoms with van der Waals surface area (Å²) in [4.78, 5) is 34.3. The molecule has 28 heavy (non-hydrogen) atoms. The summed E-state index contributed by atoms with van der Waals surface area (Å²) in [6, 6.07) is 10.2. The third kappa shape index (κ3) is 5.78. The van der Waals surface area contributed by atoms with Crippen LogP contribution >= 0.6 is 0 Å². The topological polar surface area (TPSA) is 117 Å². The highest BCUT2D eigenvalue weighted by Crippen LogP contribution is 2.21. The molecule has 2 aromatic rings. The molecule has 0 fully saturated rings. The zero-order valence-electron chi connectivity index (χ0n) is 15.5. The summed E-state index contributed by atoms with van der Waals surface area (Å²) in [5.74, 6) is -0.722. The SMILES string of the molecule is CCOCc1cc(C(=O)OCC(=O)Nc2cccc([N+](=O)[O-])c2)ccc1OC. The first kappa shape index (κ1) is 20.8. The predicted molar refractivity (Wildman–Crippen MR) is 100 cm³/mol. The fraction of sp³-hybridized carbons (Fsp3) is 0.263. The lowest BCUT2D eigenvalue weighted by molar-refractivity contribution is -0.384. The maximum absolute atomic E-state index is 12.2. The third-order valence-corrected chi connectivity index (χ3v) is 3.65. The number of nitrogens with one attached hydrogen (secondary N) is 1. The number of hydrogen-bond donors (Lipinski definition) is 1. The van der Waals surface area contributed by atoms with Crippen molar-refractivity contribution >= 4 is 23.3 Å². The lowest BCUT2D eigenvalue weighted by Gasteiger charge is -2.11. The molecule has 0 saturated heterocycles. The molecular weight excluding hydrogens is 368 g/mol. The van der Waals surface area contributed by atoms with Gasteiger partial charge in [-0.15, -0.1) is 0 Å². The van der Waals surface area contributed by atoms with Crippen LogP contribution in [0, 0.1) is 10.1 Å². The Morgan fingerprint density at radius 1 is 1.18 bits per heavy atom. The number of amides is 1. The number of esters is 1. The van der Waals surface area contributed by atoms with Gasteiger partial charge >= 0.3 is 5.97 Å². The number of benzene rings is 2. The summed E-state index contributed by atoms with van der Waals surface area (Å²) < 4.78 is 15.6. The van der Waals surface area contributed by atoms with Crippen molar-refractivity contribution in [3.8, 4) is 5.75 Å². The van der Waals surface area contributed by atoms with Crippen LogP contribution in [0.15, 0.2) is 42.5 Å². The molecule has 0 unspecified atom stereocenters. The van der Waals surface area contributed by atoms with Crippen LogP contribution in [0.4, 0.5) is 11.4 Å². The molecule has 0 aliphatic rings. The molecule has 1 N–H and O–H groups in total. The van der Waals surface area contributed by atoms with Gasteiger partial charge in [0.2, 0.25) is 0 Å².